The van der Waals surface area contributed by atoms with Gasteiger partial charge in [0.15, 0.2) is 5.84 Å². The summed E-state index contributed by atoms with van der Waals surface area (Å²) >= 11 is 0. The largest absolute Gasteiger partial charge is 0.492 e. The molecule has 1 atom stereocenters. The molecule has 1 aromatic carbocycles. The highest BCUT2D eigenvalue weighted by Crippen LogP contribution is 2.12. The van der Waals surface area contributed by atoms with Crippen LogP contribution in [0.3, 0.4) is 0 Å². The van der Waals surface area contributed by atoms with Crippen LogP contribution in [0.15, 0.2) is 29.4 Å². The summed E-state index contributed by atoms with van der Waals surface area (Å²) in [6, 6.07) is 7.56. The topological polar surface area (TPSA) is 89.1 Å². The van der Waals surface area contributed by atoms with Gasteiger partial charge in [0.25, 0.3) is 0 Å². The van der Waals surface area contributed by atoms with Crippen molar-refractivity contribution in [3.63, 3.8) is 0 Å². The smallest absolute Gasteiger partial charge is 0.170 e. The Morgan fingerprint density at radius 3 is 2.90 bits per heavy atom. The van der Waals surface area contributed by atoms with Crippen molar-refractivity contribution in [3.05, 3.63) is 29.8 Å². The van der Waals surface area contributed by atoms with E-state index in [2.05, 4.69) is 10.5 Å². The highest BCUT2D eigenvalue weighted by Gasteiger charge is 2.12. The molecule has 1 heterocycles. The summed E-state index contributed by atoms with van der Waals surface area (Å²) < 4.78 is 11.0. The second kappa shape index (κ2) is 7.72. The predicted octanol–water partition coefficient (Wildman–Crippen LogP) is 0.928. The first-order valence-corrected chi connectivity index (χ1v) is 6.81. The number of oxime groups is 1. The Labute approximate surface area is 118 Å². The Bertz CT molecular complexity index is 428. The molecule has 0 amide bonds. The van der Waals surface area contributed by atoms with Gasteiger partial charge < -0.3 is 25.7 Å². The first-order chi connectivity index (χ1) is 9.79. The van der Waals surface area contributed by atoms with E-state index in [0.29, 0.717) is 18.2 Å². The van der Waals surface area contributed by atoms with Gasteiger partial charge in [0.1, 0.15) is 12.4 Å². The van der Waals surface area contributed by atoms with E-state index >= 15 is 0 Å². The molecule has 20 heavy (non-hydrogen) atoms. The summed E-state index contributed by atoms with van der Waals surface area (Å²) in [6.07, 6.45) is 2.28. The zero-order valence-electron chi connectivity index (χ0n) is 11.4. The maximum atomic E-state index is 8.57. The van der Waals surface area contributed by atoms with E-state index in [0.717, 1.165) is 38.3 Å². The summed E-state index contributed by atoms with van der Waals surface area (Å²) in [7, 11) is 0. The van der Waals surface area contributed by atoms with E-state index in [1.165, 1.54) is 0 Å². The van der Waals surface area contributed by atoms with Crippen LogP contribution in [0, 0.1) is 0 Å². The van der Waals surface area contributed by atoms with Crippen LogP contribution in [-0.2, 0) is 4.74 Å². The summed E-state index contributed by atoms with van der Waals surface area (Å²) in [4.78, 5) is 0. The van der Waals surface area contributed by atoms with Crippen molar-refractivity contribution in [2.75, 3.05) is 26.4 Å². The molecule has 110 valence electrons. The third kappa shape index (κ3) is 4.40. The van der Waals surface area contributed by atoms with Crippen molar-refractivity contribution in [2.24, 2.45) is 10.9 Å². The number of ether oxygens (including phenoxy) is 2. The third-order valence-electron chi connectivity index (χ3n) is 3.22. The quantitative estimate of drug-likeness (QED) is 0.237. The van der Waals surface area contributed by atoms with Crippen LogP contribution in [0.2, 0.25) is 0 Å². The number of rotatable bonds is 6. The highest BCUT2D eigenvalue weighted by atomic mass is 16.5. The van der Waals surface area contributed by atoms with Gasteiger partial charge in [-0.3, -0.25) is 0 Å². The number of nitrogens with zero attached hydrogens (tertiary/aromatic N) is 1. The fourth-order valence-corrected chi connectivity index (χ4v) is 2.11. The van der Waals surface area contributed by atoms with Crippen molar-refractivity contribution in [1.82, 2.24) is 5.32 Å². The van der Waals surface area contributed by atoms with Gasteiger partial charge in [-0.25, -0.2) is 0 Å². The molecule has 0 saturated carbocycles. The van der Waals surface area contributed by atoms with Crippen molar-refractivity contribution in [3.8, 4) is 5.75 Å². The number of hydrogen-bond donors (Lipinski definition) is 3. The fraction of sp³-hybridized carbons (Fsp3) is 0.500. The van der Waals surface area contributed by atoms with Crippen molar-refractivity contribution < 1.29 is 14.7 Å². The predicted molar refractivity (Wildman–Crippen MR) is 76.3 cm³/mol. The Hall–Kier alpha value is -1.79. The average Bonchev–Trinajstić information content (AvgIpc) is 2.52. The number of hydrogen-bond acceptors (Lipinski definition) is 5. The molecule has 1 unspecified atom stereocenters. The monoisotopic (exact) mass is 279 g/mol. The number of nitrogens with two attached hydrogens (primary N) is 1. The number of amidine groups is 1. The SMILES string of the molecule is NC(=NO)c1ccc(OCCNC2CCCOC2)cc1. The summed E-state index contributed by atoms with van der Waals surface area (Å²) in [5.74, 6) is 0.858. The zero-order valence-corrected chi connectivity index (χ0v) is 11.4. The lowest BCUT2D eigenvalue weighted by Crippen LogP contribution is -2.38. The highest BCUT2D eigenvalue weighted by molar-refractivity contribution is 5.97. The lowest BCUT2D eigenvalue weighted by Gasteiger charge is -2.23. The molecule has 6 heteroatoms. The van der Waals surface area contributed by atoms with E-state index in [1.807, 2.05) is 0 Å². The van der Waals surface area contributed by atoms with Gasteiger partial charge in [-0.2, -0.15) is 0 Å². The Kier molecular flexibility index (Phi) is 5.64. The Morgan fingerprint density at radius 1 is 1.45 bits per heavy atom. The molecule has 0 radical (unpaired) electrons. The minimum absolute atomic E-state index is 0.0931. The molecular formula is C14H21N3O3. The maximum Gasteiger partial charge on any atom is 0.170 e. The lowest BCUT2D eigenvalue weighted by atomic mass is 10.1. The lowest BCUT2D eigenvalue weighted by molar-refractivity contribution is 0.0693. The standard InChI is InChI=1S/C14H21N3O3/c15-14(17-18)11-3-5-13(6-4-11)20-9-7-16-12-2-1-8-19-10-12/h3-6,12,16,18H,1-2,7-10H2,(H2,15,17). The van der Waals surface area contributed by atoms with E-state index < -0.39 is 0 Å². The van der Waals surface area contributed by atoms with Gasteiger partial charge in [0.2, 0.25) is 0 Å². The van der Waals surface area contributed by atoms with Crippen LogP contribution in [0.5, 0.6) is 5.75 Å². The molecule has 2 rings (SSSR count). The van der Waals surface area contributed by atoms with Crippen LogP contribution in [-0.4, -0.2) is 43.5 Å². The summed E-state index contributed by atoms with van der Waals surface area (Å²) in [5.41, 5.74) is 6.15. The second-order valence-corrected chi connectivity index (χ2v) is 4.73. The molecule has 1 fully saturated rings. The Morgan fingerprint density at radius 2 is 2.25 bits per heavy atom. The van der Waals surface area contributed by atoms with Crippen LogP contribution in [0.25, 0.3) is 0 Å². The normalized spacial score (nSPS) is 19.8. The summed E-state index contributed by atoms with van der Waals surface area (Å²) in [5, 5.41) is 14.9. The molecule has 1 aliphatic heterocycles. The first-order valence-electron chi connectivity index (χ1n) is 6.81. The van der Waals surface area contributed by atoms with Crippen LogP contribution >= 0.6 is 0 Å². The fourth-order valence-electron chi connectivity index (χ4n) is 2.11. The van der Waals surface area contributed by atoms with E-state index in [9.17, 15) is 0 Å². The molecule has 0 spiro atoms. The van der Waals surface area contributed by atoms with Gasteiger partial charge in [0, 0.05) is 24.8 Å². The first kappa shape index (κ1) is 14.6. The molecule has 0 aromatic heterocycles. The van der Waals surface area contributed by atoms with Gasteiger partial charge in [0.05, 0.1) is 6.61 Å². The Balaban J connectivity index is 1.68. The molecule has 4 N–H and O–H groups in total. The van der Waals surface area contributed by atoms with Gasteiger partial charge >= 0.3 is 0 Å². The number of nitrogens with one attached hydrogen (secondary N) is 1. The van der Waals surface area contributed by atoms with E-state index in [1.54, 1.807) is 24.3 Å². The third-order valence-corrected chi connectivity index (χ3v) is 3.22. The minimum atomic E-state index is 0.0931. The molecule has 6 nitrogen and oxygen atoms in total. The van der Waals surface area contributed by atoms with Gasteiger partial charge in [-0.05, 0) is 37.1 Å². The maximum absolute atomic E-state index is 8.57. The molecule has 1 aromatic rings. The van der Waals surface area contributed by atoms with E-state index in [-0.39, 0.29) is 5.84 Å². The molecule has 0 bridgehead atoms. The van der Waals surface area contributed by atoms with Crippen molar-refractivity contribution >= 4 is 5.84 Å². The van der Waals surface area contributed by atoms with Crippen LogP contribution in [0.1, 0.15) is 18.4 Å². The molecule has 1 aliphatic rings. The minimum Gasteiger partial charge on any atom is -0.492 e. The second-order valence-electron chi connectivity index (χ2n) is 4.73. The molecule has 0 aliphatic carbocycles. The van der Waals surface area contributed by atoms with Crippen LogP contribution in [0.4, 0.5) is 0 Å². The molecule has 1 saturated heterocycles. The average molecular weight is 279 g/mol. The molecular weight excluding hydrogens is 258 g/mol. The zero-order chi connectivity index (χ0) is 14.2. The summed E-state index contributed by atoms with van der Waals surface area (Å²) in [6.45, 7) is 3.05. The van der Waals surface area contributed by atoms with Crippen molar-refractivity contribution in [1.29, 1.82) is 0 Å². The van der Waals surface area contributed by atoms with Crippen molar-refractivity contribution in [2.45, 2.75) is 18.9 Å². The van der Waals surface area contributed by atoms with Gasteiger partial charge in [-0.1, -0.05) is 5.16 Å². The van der Waals surface area contributed by atoms with Gasteiger partial charge in [-0.15, -0.1) is 0 Å². The van der Waals surface area contributed by atoms with Crippen LogP contribution < -0.4 is 15.8 Å². The van der Waals surface area contributed by atoms with E-state index in [4.69, 9.17) is 20.4 Å². The number of benzene rings is 1.